The highest BCUT2D eigenvalue weighted by Gasteiger charge is 2.25. The maximum absolute atomic E-state index is 14.1. The van der Waals surface area contributed by atoms with Crippen molar-refractivity contribution in [3.8, 4) is 11.1 Å². The number of halogens is 2. The van der Waals surface area contributed by atoms with E-state index in [1.165, 1.54) is 6.07 Å². The van der Waals surface area contributed by atoms with Crippen molar-refractivity contribution in [2.75, 3.05) is 0 Å². The first-order chi connectivity index (χ1) is 9.56. The van der Waals surface area contributed by atoms with Gasteiger partial charge >= 0.3 is 5.97 Å². The molecule has 3 rings (SSSR count). The van der Waals surface area contributed by atoms with Crippen LogP contribution < -0.4 is 0 Å². The molecule has 0 atom stereocenters. The molecule has 0 aliphatic carbocycles. The number of carboxylic acids is 1. The van der Waals surface area contributed by atoms with Gasteiger partial charge in [0.05, 0.1) is 12.1 Å². The van der Waals surface area contributed by atoms with E-state index in [0.29, 0.717) is 16.8 Å². The summed E-state index contributed by atoms with van der Waals surface area (Å²) in [5.41, 5.74) is 2.42. The molecule has 1 N–H and O–H groups in total. The summed E-state index contributed by atoms with van der Waals surface area (Å²) in [6.07, 6.45) is 1.56. The summed E-state index contributed by atoms with van der Waals surface area (Å²) in [7, 11) is 0. The highest BCUT2D eigenvalue weighted by atomic mass is 79.9. The van der Waals surface area contributed by atoms with Gasteiger partial charge in [-0.25, -0.2) is 4.39 Å². The zero-order valence-corrected chi connectivity index (χ0v) is 12.2. The Kier molecular flexibility index (Phi) is 3.33. The van der Waals surface area contributed by atoms with Crippen molar-refractivity contribution < 1.29 is 14.3 Å². The van der Waals surface area contributed by atoms with Crippen LogP contribution in [0.1, 0.15) is 17.8 Å². The molecule has 1 aliphatic rings. The maximum atomic E-state index is 14.1. The van der Waals surface area contributed by atoms with Crippen LogP contribution in [0.2, 0.25) is 0 Å². The number of rotatable bonds is 3. The van der Waals surface area contributed by atoms with E-state index < -0.39 is 5.97 Å². The smallest absolute Gasteiger partial charge is 0.309 e. The number of carbonyl (C=O) groups is 1. The van der Waals surface area contributed by atoms with Crippen LogP contribution in [-0.4, -0.2) is 20.9 Å². The van der Waals surface area contributed by atoms with Gasteiger partial charge in [-0.2, -0.15) is 5.10 Å². The van der Waals surface area contributed by atoms with Crippen LogP contribution in [0, 0.1) is 5.82 Å². The van der Waals surface area contributed by atoms with Crippen molar-refractivity contribution in [2.24, 2.45) is 0 Å². The Hall–Kier alpha value is -1.69. The average Bonchev–Trinajstić information content (AvgIpc) is 2.92. The van der Waals surface area contributed by atoms with E-state index >= 15 is 0 Å². The second kappa shape index (κ2) is 5.01. The molecule has 0 radical (unpaired) electrons. The Morgan fingerprint density at radius 3 is 3.05 bits per heavy atom. The van der Waals surface area contributed by atoms with Gasteiger partial charge in [-0.15, -0.1) is 0 Å². The number of nitrogens with zero attached hydrogens (tertiary/aromatic N) is 2. The average molecular weight is 339 g/mol. The molecule has 0 spiro atoms. The molecule has 0 unspecified atom stereocenters. The highest BCUT2D eigenvalue weighted by Crippen LogP contribution is 2.35. The molecular weight excluding hydrogens is 327 g/mol. The van der Waals surface area contributed by atoms with Gasteiger partial charge in [0.15, 0.2) is 0 Å². The lowest BCUT2D eigenvalue weighted by Crippen LogP contribution is -2.04. The zero-order valence-electron chi connectivity index (χ0n) is 10.6. The van der Waals surface area contributed by atoms with Crippen LogP contribution in [-0.2, 0) is 24.2 Å². The summed E-state index contributed by atoms with van der Waals surface area (Å²) < 4.78 is 16.7. The number of aromatic nitrogens is 2. The van der Waals surface area contributed by atoms with E-state index in [0.717, 1.165) is 29.6 Å². The highest BCUT2D eigenvalue weighted by molar-refractivity contribution is 9.10. The number of hydrogen-bond donors (Lipinski definition) is 1. The van der Waals surface area contributed by atoms with Gasteiger partial charge in [-0.05, 0) is 31.0 Å². The van der Waals surface area contributed by atoms with Gasteiger partial charge in [-0.3, -0.25) is 9.48 Å². The molecule has 2 aromatic rings. The predicted octanol–water partition coefficient (Wildman–Crippen LogP) is 3.03. The van der Waals surface area contributed by atoms with Crippen LogP contribution in [0.5, 0.6) is 0 Å². The lowest BCUT2D eigenvalue weighted by Gasteiger charge is -2.06. The molecule has 1 aromatic carbocycles. The second-order valence-corrected chi connectivity index (χ2v) is 5.71. The summed E-state index contributed by atoms with van der Waals surface area (Å²) in [5, 5.41) is 13.3. The first kappa shape index (κ1) is 13.3. The molecule has 0 bridgehead atoms. The van der Waals surface area contributed by atoms with Crippen molar-refractivity contribution >= 4 is 21.9 Å². The van der Waals surface area contributed by atoms with Crippen LogP contribution in [0.15, 0.2) is 22.7 Å². The normalized spacial score (nSPS) is 13.5. The zero-order chi connectivity index (χ0) is 14.3. The first-order valence-corrected chi connectivity index (χ1v) is 7.11. The lowest BCUT2D eigenvalue weighted by atomic mass is 9.99. The van der Waals surface area contributed by atoms with E-state index in [4.69, 9.17) is 5.11 Å². The fourth-order valence-electron chi connectivity index (χ4n) is 2.65. The minimum atomic E-state index is -0.960. The monoisotopic (exact) mass is 338 g/mol. The summed E-state index contributed by atoms with van der Waals surface area (Å²) >= 11 is 3.33. The van der Waals surface area contributed by atoms with Gasteiger partial charge in [0.2, 0.25) is 0 Å². The number of aliphatic carboxylic acids is 1. The fourth-order valence-corrected chi connectivity index (χ4v) is 3.02. The summed E-state index contributed by atoms with van der Waals surface area (Å²) in [4.78, 5) is 11.0. The summed E-state index contributed by atoms with van der Waals surface area (Å²) in [5.74, 6) is -1.32. The largest absolute Gasteiger partial charge is 0.481 e. The molecule has 20 heavy (non-hydrogen) atoms. The molecule has 104 valence electrons. The van der Waals surface area contributed by atoms with E-state index in [1.807, 2.05) is 0 Å². The molecule has 0 saturated heterocycles. The topological polar surface area (TPSA) is 55.1 Å². The summed E-state index contributed by atoms with van der Waals surface area (Å²) in [6, 6.07) is 4.68. The van der Waals surface area contributed by atoms with Gasteiger partial charge < -0.3 is 5.11 Å². The number of carboxylic acid groups (broad SMARTS) is 1. The Bertz CT molecular complexity index is 697. The van der Waals surface area contributed by atoms with E-state index in [2.05, 4.69) is 21.0 Å². The van der Waals surface area contributed by atoms with Crippen LogP contribution in [0.4, 0.5) is 4.39 Å². The van der Waals surface area contributed by atoms with E-state index in [1.54, 1.807) is 16.8 Å². The van der Waals surface area contributed by atoms with Crippen molar-refractivity contribution in [1.29, 1.82) is 0 Å². The molecule has 0 fully saturated rings. The number of fused-ring (bicyclic) bond motifs is 1. The Morgan fingerprint density at radius 1 is 1.50 bits per heavy atom. The number of aryl methyl sites for hydroxylation is 1. The van der Waals surface area contributed by atoms with Crippen molar-refractivity contribution in [1.82, 2.24) is 9.78 Å². The molecule has 0 amide bonds. The van der Waals surface area contributed by atoms with E-state index in [9.17, 15) is 9.18 Å². The Balaban J connectivity index is 2.20. The molecule has 6 heteroatoms. The second-order valence-electron chi connectivity index (χ2n) is 4.79. The maximum Gasteiger partial charge on any atom is 0.309 e. The Labute approximate surface area is 123 Å². The first-order valence-electron chi connectivity index (χ1n) is 6.32. The minimum absolute atomic E-state index is 0.193. The SMILES string of the molecule is O=C(O)Cc1nn2c(c1-c1cc(Br)ccc1F)CCC2. The summed E-state index contributed by atoms with van der Waals surface area (Å²) in [6.45, 7) is 0.761. The van der Waals surface area contributed by atoms with Crippen LogP contribution in [0.3, 0.4) is 0 Å². The quantitative estimate of drug-likeness (QED) is 0.935. The third-order valence-corrected chi connectivity index (χ3v) is 3.92. The van der Waals surface area contributed by atoms with E-state index in [-0.39, 0.29) is 12.2 Å². The molecule has 1 aliphatic heterocycles. The lowest BCUT2D eigenvalue weighted by molar-refractivity contribution is -0.136. The number of benzene rings is 1. The number of hydrogen-bond acceptors (Lipinski definition) is 2. The van der Waals surface area contributed by atoms with Crippen LogP contribution >= 0.6 is 15.9 Å². The van der Waals surface area contributed by atoms with Crippen molar-refractivity contribution in [2.45, 2.75) is 25.8 Å². The fraction of sp³-hybridized carbons (Fsp3) is 0.286. The van der Waals surface area contributed by atoms with Crippen molar-refractivity contribution in [3.63, 3.8) is 0 Å². The molecule has 2 heterocycles. The Morgan fingerprint density at radius 2 is 2.30 bits per heavy atom. The third kappa shape index (κ3) is 2.24. The molecule has 4 nitrogen and oxygen atoms in total. The third-order valence-electron chi connectivity index (χ3n) is 3.43. The van der Waals surface area contributed by atoms with Gasteiger partial charge in [0.1, 0.15) is 5.82 Å². The van der Waals surface area contributed by atoms with Gasteiger partial charge in [0.25, 0.3) is 0 Å². The van der Waals surface area contributed by atoms with Gasteiger partial charge in [-0.1, -0.05) is 15.9 Å². The van der Waals surface area contributed by atoms with Crippen molar-refractivity contribution in [3.05, 3.63) is 39.9 Å². The predicted molar refractivity (Wildman–Crippen MR) is 75.0 cm³/mol. The van der Waals surface area contributed by atoms with Crippen LogP contribution in [0.25, 0.3) is 11.1 Å². The standard InChI is InChI=1S/C14H12BrFN2O2/c15-8-3-4-10(16)9(6-8)14-11(7-13(19)20)17-18-5-1-2-12(14)18/h3-4,6H,1-2,5,7H2,(H,19,20). The molecule has 0 saturated carbocycles. The minimum Gasteiger partial charge on any atom is -0.481 e. The molecule has 1 aromatic heterocycles. The van der Waals surface area contributed by atoms with Gasteiger partial charge in [0, 0.05) is 27.8 Å². The molecular formula is C14H12BrFN2O2.